The molecule has 0 radical (unpaired) electrons. The molecule has 2 aromatic rings. The van der Waals surface area contributed by atoms with Crippen molar-refractivity contribution in [2.24, 2.45) is 0 Å². The van der Waals surface area contributed by atoms with E-state index in [1.807, 2.05) is 50.2 Å². The summed E-state index contributed by atoms with van der Waals surface area (Å²) in [5.41, 5.74) is 3.88. The first-order valence-electron chi connectivity index (χ1n) is 6.91. The molecule has 0 aliphatic heterocycles. The van der Waals surface area contributed by atoms with Crippen molar-refractivity contribution >= 4 is 0 Å². The Balaban J connectivity index is 1.98. The minimum absolute atomic E-state index is 0.611. The van der Waals surface area contributed by atoms with Crippen molar-refractivity contribution in [2.75, 3.05) is 13.7 Å². The zero-order valence-corrected chi connectivity index (χ0v) is 12.6. The van der Waals surface area contributed by atoms with Gasteiger partial charge in [0.05, 0.1) is 25.3 Å². The number of methoxy groups -OCH3 is 1. The van der Waals surface area contributed by atoms with Crippen LogP contribution in [-0.4, -0.2) is 13.7 Å². The standard InChI is InChI=1S/C18H19NO2/c1-13-10-16(12-19)11-14(2)18(13)21-9-8-15-4-6-17(20-3)7-5-15/h4-7,10-11H,8-9H2,1-3H3. The number of nitrogens with zero attached hydrogens (tertiary/aromatic N) is 1. The highest BCUT2D eigenvalue weighted by molar-refractivity contribution is 5.47. The van der Waals surface area contributed by atoms with E-state index in [-0.39, 0.29) is 0 Å². The summed E-state index contributed by atoms with van der Waals surface area (Å²) >= 11 is 0. The van der Waals surface area contributed by atoms with E-state index in [1.54, 1.807) is 7.11 Å². The van der Waals surface area contributed by atoms with Crippen LogP contribution in [0.5, 0.6) is 11.5 Å². The van der Waals surface area contributed by atoms with E-state index in [2.05, 4.69) is 6.07 Å². The summed E-state index contributed by atoms with van der Waals surface area (Å²) in [6.07, 6.45) is 0.836. The van der Waals surface area contributed by atoms with Crippen LogP contribution in [0.25, 0.3) is 0 Å². The van der Waals surface area contributed by atoms with Gasteiger partial charge in [-0.15, -0.1) is 0 Å². The molecule has 0 unspecified atom stereocenters. The highest BCUT2D eigenvalue weighted by atomic mass is 16.5. The van der Waals surface area contributed by atoms with Crippen LogP contribution in [-0.2, 0) is 6.42 Å². The molecule has 21 heavy (non-hydrogen) atoms. The Bertz CT molecular complexity index is 631. The van der Waals surface area contributed by atoms with E-state index in [1.165, 1.54) is 5.56 Å². The highest BCUT2D eigenvalue weighted by Crippen LogP contribution is 2.24. The molecule has 0 saturated heterocycles. The van der Waals surface area contributed by atoms with Crippen LogP contribution in [0, 0.1) is 25.2 Å². The number of hydrogen-bond acceptors (Lipinski definition) is 3. The van der Waals surface area contributed by atoms with Crippen LogP contribution in [0.2, 0.25) is 0 Å². The molecule has 3 heteroatoms. The van der Waals surface area contributed by atoms with Gasteiger partial charge in [-0.2, -0.15) is 5.26 Å². The van der Waals surface area contributed by atoms with Gasteiger partial charge >= 0.3 is 0 Å². The van der Waals surface area contributed by atoms with Gasteiger partial charge in [0.1, 0.15) is 11.5 Å². The Hall–Kier alpha value is -2.47. The van der Waals surface area contributed by atoms with E-state index < -0.39 is 0 Å². The molecular formula is C18H19NO2. The lowest BCUT2D eigenvalue weighted by atomic mass is 10.1. The van der Waals surface area contributed by atoms with Crippen molar-refractivity contribution in [3.05, 3.63) is 58.7 Å². The molecule has 0 heterocycles. The third-order valence-corrected chi connectivity index (χ3v) is 3.39. The van der Waals surface area contributed by atoms with Crippen LogP contribution in [0.4, 0.5) is 0 Å². The summed E-state index contributed by atoms with van der Waals surface area (Å²) in [5, 5.41) is 8.94. The molecule has 3 nitrogen and oxygen atoms in total. The molecule has 2 rings (SSSR count). The predicted octanol–water partition coefficient (Wildman–Crippen LogP) is 3.81. The van der Waals surface area contributed by atoms with Gasteiger partial charge in [-0.3, -0.25) is 0 Å². The maximum absolute atomic E-state index is 8.94. The largest absolute Gasteiger partial charge is 0.497 e. The first kappa shape index (κ1) is 14.9. The molecule has 0 saturated carbocycles. The third kappa shape index (κ3) is 3.76. The van der Waals surface area contributed by atoms with E-state index >= 15 is 0 Å². The Morgan fingerprint density at radius 3 is 2.19 bits per heavy atom. The van der Waals surface area contributed by atoms with Gasteiger partial charge in [-0.1, -0.05) is 12.1 Å². The fourth-order valence-corrected chi connectivity index (χ4v) is 2.31. The smallest absolute Gasteiger partial charge is 0.125 e. The topological polar surface area (TPSA) is 42.2 Å². The van der Waals surface area contributed by atoms with Crippen LogP contribution in [0.3, 0.4) is 0 Å². The summed E-state index contributed by atoms with van der Waals surface area (Å²) in [7, 11) is 1.66. The lowest BCUT2D eigenvalue weighted by molar-refractivity contribution is 0.317. The van der Waals surface area contributed by atoms with Crippen LogP contribution in [0.15, 0.2) is 36.4 Å². The number of rotatable bonds is 5. The minimum atomic E-state index is 0.611. The second kappa shape index (κ2) is 6.81. The van der Waals surface area contributed by atoms with Crippen molar-refractivity contribution in [1.82, 2.24) is 0 Å². The van der Waals surface area contributed by atoms with Gasteiger partial charge in [0.2, 0.25) is 0 Å². The van der Waals surface area contributed by atoms with Crippen molar-refractivity contribution in [1.29, 1.82) is 5.26 Å². The number of benzene rings is 2. The van der Waals surface area contributed by atoms with E-state index in [0.29, 0.717) is 12.2 Å². The van der Waals surface area contributed by atoms with Crippen molar-refractivity contribution < 1.29 is 9.47 Å². The molecule has 0 bridgehead atoms. The summed E-state index contributed by atoms with van der Waals surface area (Å²) in [6.45, 7) is 4.55. The fourth-order valence-electron chi connectivity index (χ4n) is 2.31. The molecule has 0 amide bonds. The predicted molar refractivity (Wildman–Crippen MR) is 82.8 cm³/mol. The number of ether oxygens (including phenoxy) is 2. The first-order chi connectivity index (χ1) is 10.1. The van der Waals surface area contributed by atoms with Gasteiger partial charge in [0.25, 0.3) is 0 Å². The quantitative estimate of drug-likeness (QED) is 0.837. The van der Waals surface area contributed by atoms with E-state index in [4.69, 9.17) is 14.7 Å². The van der Waals surface area contributed by atoms with Gasteiger partial charge in [0.15, 0.2) is 0 Å². The molecule has 0 aliphatic carbocycles. The minimum Gasteiger partial charge on any atom is -0.497 e. The average molecular weight is 281 g/mol. The maximum Gasteiger partial charge on any atom is 0.125 e. The SMILES string of the molecule is COc1ccc(CCOc2c(C)cc(C#N)cc2C)cc1. The molecule has 0 aliphatic rings. The van der Waals surface area contributed by atoms with E-state index in [9.17, 15) is 0 Å². The van der Waals surface area contributed by atoms with Gasteiger partial charge < -0.3 is 9.47 Å². The Morgan fingerprint density at radius 2 is 1.67 bits per heavy atom. The second-order valence-corrected chi connectivity index (χ2v) is 5.00. The first-order valence-corrected chi connectivity index (χ1v) is 6.91. The molecule has 0 aromatic heterocycles. The monoisotopic (exact) mass is 281 g/mol. The Labute approximate surface area is 125 Å². The second-order valence-electron chi connectivity index (χ2n) is 5.00. The molecular weight excluding hydrogens is 262 g/mol. The van der Waals surface area contributed by atoms with Gasteiger partial charge in [-0.25, -0.2) is 0 Å². The lowest BCUT2D eigenvalue weighted by Gasteiger charge is -2.12. The zero-order chi connectivity index (χ0) is 15.2. The molecule has 0 atom stereocenters. The van der Waals surface area contributed by atoms with Crippen LogP contribution >= 0.6 is 0 Å². The van der Waals surface area contributed by atoms with Crippen LogP contribution in [0.1, 0.15) is 22.3 Å². The van der Waals surface area contributed by atoms with Crippen molar-refractivity contribution in [3.63, 3.8) is 0 Å². The summed E-state index contributed by atoms with van der Waals surface area (Å²) in [4.78, 5) is 0. The normalized spacial score (nSPS) is 10.0. The molecule has 0 fully saturated rings. The Morgan fingerprint density at radius 1 is 1.05 bits per heavy atom. The third-order valence-electron chi connectivity index (χ3n) is 3.39. The average Bonchev–Trinajstić information content (AvgIpc) is 2.50. The van der Waals surface area contributed by atoms with E-state index in [0.717, 1.165) is 29.0 Å². The summed E-state index contributed by atoms with van der Waals surface area (Å²) < 4.78 is 11.0. The number of hydrogen-bond donors (Lipinski definition) is 0. The number of nitriles is 1. The van der Waals surface area contributed by atoms with Crippen molar-refractivity contribution in [2.45, 2.75) is 20.3 Å². The zero-order valence-electron chi connectivity index (χ0n) is 12.6. The Kier molecular flexibility index (Phi) is 4.84. The molecule has 108 valence electrons. The highest BCUT2D eigenvalue weighted by Gasteiger charge is 2.06. The lowest BCUT2D eigenvalue weighted by Crippen LogP contribution is -2.04. The van der Waals surface area contributed by atoms with Gasteiger partial charge in [0, 0.05) is 6.42 Å². The maximum atomic E-state index is 8.94. The van der Waals surface area contributed by atoms with Crippen LogP contribution < -0.4 is 9.47 Å². The number of aryl methyl sites for hydroxylation is 2. The van der Waals surface area contributed by atoms with Gasteiger partial charge in [-0.05, 0) is 54.8 Å². The summed E-state index contributed by atoms with van der Waals surface area (Å²) in [5.74, 6) is 1.74. The molecule has 0 N–H and O–H groups in total. The fraction of sp³-hybridized carbons (Fsp3) is 0.278. The van der Waals surface area contributed by atoms with Crippen molar-refractivity contribution in [3.8, 4) is 17.6 Å². The summed E-state index contributed by atoms with van der Waals surface area (Å²) in [6, 6.07) is 13.9. The molecule has 2 aromatic carbocycles. The molecule has 0 spiro atoms.